The van der Waals surface area contributed by atoms with Crippen LogP contribution in [-0.4, -0.2) is 4.57 Å². The van der Waals surface area contributed by atoms with Gasteiger partial charge in [0.1, 0.15) is 5.69 Å². The summed E-state index contributed by atoms with van der Waals surface area (Å²) in [5.74, 6) is 0.828. The molecule has 0 saturated carbocycles. The summed E-state index contributed by atoms with van der Waals surface area (Å²) >= 11 is 0. The third-order valence-electron chi connectivity index (χ3n) is 3.02. The van der Waals surface area contributed by atoms with Crippen LogP contribution in [0.2, 0.25) is 0 Å². The average Bonchev–Trinajstić information content (AvgIpc) is 2.58. The third kappa shape index (κ3) is 2.32. The van der Waals surface area contributed by atoms with Crippen molar-refractivity contribution < 1.29 is 4.57 Å². The molecule has 4 heteroatoms. The molecule has 1 aromatic carbocycles. The van der Waals surface area contributed by atoms with Gasteiger partial charge in [-0.1, -0.05) is 22.8 Å². The maximum atomic E-state index is 4.39. The van der Waals surface area contributed by atoms with Crippen LogP contribution in [0, 0.1) is 20.8 Å². The van der Waals surface area contributed by atoms with Gasteiger partial charge in [-0.15, -0.1) is 0 Å². The number of aryl methyl sites for hydroxylation is 5. The summed E-state index contributed by atoms with van der Waals surface area (Å²) in [7, 11) is 3.92. The van der Waals surface area contributed by atoms with Crippen molar-refractivity contribution in [2.75, 3.05) is 0 Å². The summed E-state index contributed by atoms with van der Waals surface area (Å²) in [4.78, 5) is 0. The van der Waals surface area contributed by atoms with E-state index in [2.05, 4.69) is 43.1 Å². The van der Waals surface area contributed by atoms with E-state index in [0.29, 0.717) is 0 Å². The number of hydrogen-bond acceptors (Lipinski definition) is 2. The Morgan fingerprint density at radius 1 is 1.06 bits per heavy atom. The molecule has 0 saturated heterocycles. The number of aromatic nitrogens is 2. The Morgan fingerprint density at radius 2 is 1.67 bits per heavy atom. The van der Waals surface area contributed by atoms with E-state index in [0.717, 1.165) is 22.8 Å². The molecule has 1 aromatic heterocycles. The fourth-order valence-corrected chi connectivity index (χ4v) is 2.15. The van der Waals surface area contributed by atoms with Crippen molar-refractivity contribution in [3.63, 3.8) is 0 Å². The highest BCUT2D eigenvalue weighted by Crippen LogP contribution is 2.26. The van der Waals surface area contributed by atoms with E-state index in [-0.39, 0.29) is 0 Å². The van der Waals surface area contributed by atoms with Gasteiger partial charge in [0.05, 0.1) is 26.5 Å². The summed E-state index contributed by atoms with van der Waals surface area (Å²) < 4.78 is 3.89. The summed E-state index contributed by atoms with van der Waals surface area (Å²) in [6.07, 6.45) is 3.92. The normalized spacial score (nSPS) is 11.4. The molecule has 1 heterocycles. The van der Waals surface area contributed by atoms with Crippen LogP contribution in [0.25, 0.3) is 0 Å². The van der Waals surface area contributed by atoms with Crippen molar-refractivity contribution in [3.8, 4) is 0 Å². The molecule has 0 aliphatic heterocycles. The highest BCUT2D eigenvalue weighted by molar-refractivity contribution is 5.53. The molecule has 0 aliphatic carbocycles. The summed E-state index contributed by atoms with van der Waals surface area (Å²) in [6, 6.07) is 4.26. The van der Waals surface area contributed by atoms with Crippen molar-refractivity contribution in [1.82, 2.24) is 4.57 Å². The summed E-state index contributed by atoms with van der Waals surface area (Å²) in [6.45, 7) is 6.23. The lowest BCUT2D eigenvalue weighted by Gasteiger charge is -2.03. The monoisotopic (exact) mass is 243 g/mol. The van der Waals surface area contributed by atoms with Crippen molar-refractivity contribution in [2.24, 2.45) is 24.3 Å². The Labute approximate surface area is 108 Å². The van der Waals surface area contributed by atoms with E-state index in [1.165, 1.54) is 5.56 Å². The second kappa shape index (κ2) is 4.72. The molecule has 4 nitrogen and oxygen atoms in total. The molecular weight excluding hydrogens is 224 g/mol. The van der Waals surface area contributed by atoms with Crippen molar-refractivity contribution in [1.29, 1.82) is 0 Å². The molecule has 0 radical (unpaired) electrons. The van der Waals surface area contributed by atoms with Crippen LogP contribution in [0.1, 0.15) is 16.7 Å². The molecule has 0 aliphatic rings. The number of nitrogens with zero attached hydrogens (tertiary/aromatic N) is 4. The predicted molar refractivity (Wildman–Crippen MR) is 71.4 cm³/mol. The largest absolute Gasteiger partial charge is 0.421 e. The van der Waals surface area contributed by atoms with Gasteiger partial charge in [-0.3, -0.25) is 0 Å². The zero-order valence-electron chi connectivity index (χ0n) is 11.6. The third-order valence-corrected chi connectivity index (χ3v) is 3.02. The van der Waals surface area contributed by atoms with E-state index in [1.807, 2.05) is 35.6 Å². The molecule has 0 amide bonds. The average molecular weight is 243 g/mol. The van der Waals surface area contributed by atoms with E-state index in [1.54, 1.807) is 0 Å². The van der Waals surface area contributed by atoms with Crippen LogP contribution in [0.3, 0.4) is 0 Å². The first kappa shape index (κ1) is 12.5. The molecule has 18 heavy (non-hydrogen) atoms. The van der Waals surface area contributed by atoms with E-state index in [9.17, 15) is 0 Å². The lowest BCUT2D eigenvalue weighted by molar-refractivity contribution is -0.657. The van der Waals surface area contributed by atoms with Gasteiger partial charge < -0.3 is 0 Å². The maximum absolute atomic E-state index is 4.39. The Morgan fingerprint density at radius 3 is 2.17 bits per heavy atom. The SMILES string of the molecule is Cc1cc(C)c(N=Nc2n(C)cc[n+]2C)c(C)c1. The van der Waals surface area contributed by atoms with Crippen LogP contribution in [0.4, 0.5) is 11.6 Å². The fraction of sp³-hybridized carbons (Fsp3) is 0.357. The molecule has 94 valence electrons. The van der Waals surface area contributed by atoms with Gasteiger partial charge in [0.25, 0.3) is 0 Å². The molecule has 0 unspecified atom stereocenters. The van der Waals surface area contributed by atoms with Gasteiger partial charge in [-0.2, -0.15) is 0 Å². The Hall–Kier alpha value is -1.97. The minimum atomic E-state index is 0.828. The molecule has 0 N–H and O–H groups in total. The van der Waals surface area contributed by atoms with Crippen molar-refractivity contribution >= 4 is 11.6 Å². The highest BCUT2D eigenvalue weighted by Gasteiger charge is 2.11. The second-order valence-electron chi connectivity index (χ2n) is 4.77. The van der Waals surface area contributed by atoms with Crippen LogP contribution < -0.4 is 4.57 Å². The number of rotatable bonds is 2. The van der Waals surface area contributed by atoms with Gasteiger partial charge in [-0.05, 0) is 31.9 Å². The van der Waals surface area contributed by atoms with Gasteiger partial charge in [-0.25, -0.2) is 9.13 Å². The lowest BCUT2D eigenvalue weighted by Crippen LogP contribution is -2.25. The van der Waals surface area contributed by atoms with Crippen LogP contribution in [0.15, 0.2) is 34.8 Å². The predicted octanol–water partition coefficient (Wildman–Crippen LogP) is 3.19. The van der Waals surface area contributed by atoms with Gasteiger partial charge >= 0.3 is 5.95 Å². The van der Waals surface area contributed by atoms with Crippen LogP contribution in [0.5, 0.6) is 0 Å². The molecule has 2 rings (SSSR count). The standard InChI is InChI=1S/C14H19N4/c1-10-8-11(2)13(12(3)9-10)15-16-14-17(4)6-7-18(14)5/h6-9H,1-5H3/q+1. The maximum Gasteiger partial charge on any atom is 0.421 e. The Kier molecular flexibility index (Phi) is 3.28. The van der Waals surface area contributed by atoms with Crippen molar-refractivity contribution in [3.05, 3.63) is 41.2 Å². The zero-order chi connectivity index (χ0) is 13.3. The topological polar surface area (TPSA) is 33.5 Å². The van der Waals surface area contributed by atoms with E-state index in [4.69, 9.17) is 0 Å². The first-order valence-corrected chi connectivity index (χ1v) is 5.99. The number of imidazole rings is 1. The molecular formula is C14H19N4+. The quantitative estimate of drug-likeness (QED) is 0.573. The first-order chi connectivity index (χ1) is 8.49. The summed E-state index contributed by atoms with van der Waals surface area (Å²) in [5.41, 5.74) is 4.54. The lowest BCUT2D eigenvalue weighted by atomic mass is 10.1. The number of benzene rings is 1. The highest BCUT2D eigenvalue weighted by atomic mass is 15.3. The number of hydrogen-bond donors (Lipinski definition) is 0. The number of azo groups is 1. The van der Waals surface area contributed by atoms with Crippen LogP contribution >= 0.6 is 0 Å². The zero-order valence-corrected chi connectivity index (χ0v) is 11.6. The fourth-order valence-electron chi connectivity index (χ4n) is 2.15. The van der Waals surface area contributed by atoms with E-state index >= 15 is 0 Å². The second-order valence-corrected chi connectivity index (χ2v) is 4.77. The Balaban J connectivity index is 2.41. The summed E-state index contributed by atoms with van der Waals surface area (Å²) in [5, 5.41) is 8.73. The molecule has 0 bridgehead atoms. The minimum absolute atomic E-state index is 0.828. The molecule has 0 fully saturated rings. The Bertz CT molecular complexity index is 566. The van der Waals surface area contributed by atoms with Gasteiger partial charge in [0.2, 0.25) is 0 Å². The van der Waals surface area contributed by atoms with Gasteiger partial charge in [0.15, 0.2) is 0 Å². The van der Waals surface area contributed by atoms with Gasteiger partial charge in [0, 0.05) is 5.11 Å². The first-order valence-electron chi connectivity index (χ1n) is 5.99. The molecule has 0 spiro atoms. The van der Waals surface area contributed by atoms with Crippen LogP contribution in [-0.2, 0) is 14.1 Å². The van der Waals surface area contributed by atoms with Crippen molar-refractivity contribution in [2.45, 2.75) is 20.8 Å². The minimum Gasteiger partial charge on any atom is -0.233 e. The molecule has 2 aromatic rings. The smallest absolute Gasteiger partial charge is 0.233 e. The van der Waals surface area contributed by atoms with E-state index < -0.39 is 0 Å². The molecule has 0 atom stereocenters.